The zero-order valence-corrected chi connectivity index (χ0v) is 15.8. The number of hydrogen-bond acceptors (Lipinski definition) is 6. The van der Waals surface area contributed by atoms with Crippen molar-refractivity contribution in [3.05, 3.63) is 50.7 Å². The lowest BCUT2D eigenvalue weighted by atomic mass is 9.97. The molecule has 0 bridgehead atoms. The normalized spacial score (nSPS) is 17.5. The van der Waals surface area contributed by atoms with Crippen LogP contribution in [0.5, 0.6) is 5.88 Å². The monoisotopic (exact) mass is 385 g/mol. The molecule has 1 saturated carbocycles. The third kappa shape index (κ3) is 3.83. The van der Waals surface area contributed by atoms with Crippen LogP contribution in [0.4, 0.5) is 0 Å². The number of ether oxygens (including phenoxy) is 1. The van der Waals surface area contributed by atoms with Crippen LogP contribution in [-0.2, 0) is 7.05 Å². The summed E-state index contributed by atoms with van der Waals surface area (Å²) in [4.78, 5) is 48.7. The molecule has 1 amide bonds. The van der Waals surface area contributed by atoms with Crippen LogP contribution >= 0.6 is 0 Å². The maximum atomic E-state index is 12.6. The summed E-state index contributed by atoms with van der Waals surface area (Å²) in [5.74, 6) is 1.13. The largest absolute Gasteiger partial charge is 0.477 e. The van der Waals surface area contributed by atoms with E-state index in [1.54, 1.807) is 11.2 Å². The zero-order chi connectivity index (χ0) is 19.7. The summed E-state index contributed by atoms with van der Waals surface area (Å²) in [6.45, 7) is 1.64. The number of aromatic nitrogens is 4. The number of hydrogen-bond donors (Lipinski definition) is 1. The first-order chi connectivity index (χ1) is 13.5. The van der Waals surface area contributed by atoms with Crippen molar-refractivity contribution in [2.24, 2.45) is 13.0 Å². The number of H-pyrrole nitrogens is 1. The van der Waals surface area contributed by atoms with Crippen LogP contribution < -0.4 is 16.0 Å². The van der Waals surface area contributed by atoms with Gasteiger partial charge in [-0.3, -0.25) is 14.2 Å². The van der Waals surface area contributed by atoms with Crippen LogP contribution in [0, 0.1) is 5.92 Å². The molecule has 148 valence electrons. The Labute approximate surface area is 161 Å². The van der Waals surface area contributed by atoms with Gasteiger partial charge in [-0.1, -0.05) is 0 Å². The van der Waals surface area contributed by atoms with Crippen molar-refractivity contribution in [2.75, 3.05) is 19.7 Å². The van der Waals surface area contributed by atoms with Gasteiger partial charge in [-0.05, 0) is 31.6 Å². The van der Waals surface area contributed by atoms with Crippen molar-refractivity contribution in [1.82, 2.24) is 24.4 Å². The second-order valence-electron chi connectivity index (χ2n) is 7.47. The lowest BCUT2D eigenvalue weighted by Gasteiger charge is -2.31. The molecule has 1 N–H and O–H groups in total. The van der Waals surface area contributed by atoms with Crippen molar-refractivity contribution in [3.8, 4) is 5.88 Å². The second kappa shape index (κ2) is 7.57. The maximum Gasteiger partial charge on any atom is 0.328 e. The van der Waals surface area contributed by atoms with E-state index in [2.05, 4.69) is 15.0 Å². The highest BCUT2D eigenvalue weighted by molar-refractivity contribution is 5.93. The molecular weight excluding hydrogens is 362 g/mol. The maximum absolute atomic E-state index is 12.6. The Morgan fingerprint density at radius 1 is 1.21 bits per heavy atom. The molecule has 0 radical (unpaired) electrons. The lowest BCUT2D eigenvalue weighted by Crippen LogP contribution is -2.44. The van der Waals surface area contributed by atoms with Crippen LogP contribution in [0.25, 0.3) is 0 Å². The van der Waals surface area contributed by atoms with Crippen LogP contribution in [0.2, 0.25) is 0 Å². The van der Waals surface area contributed by atoms with E-state index in [-0.39, 0.29) is 11.5 Å². The van der Waals surface area contributed by atoms with E-state index < -0.39 is 11.2 Å². The quantitative estimate of drug-likeness (QED) is 0.810. The van der Waals surface area contributed by atoms with Crippen molar-refractivity contribution < 1.29 is 9.53 Å². The smallest absolute Gasteiger partial charge is 0.328 e. The molecule has 9 heteroatoms. The van der Waals surface area contributed by atoms with E-state index in [1.807, 2.05) is 6.07 Å². The first kappa shape index (κ1) is 18.4. The van der Waals surface area contributed by atoms with Crippen molar-refractivity contribution >= 4 is 5.91 Å². The molecular formula is C19H23N5O4. The first-order valence-electron chi connectivity index (χ1n) is 9.55. The molecule has 1 aliphatic heterocycles. The van der Waals surface area contributed by atoms with Gasteiger partial charge in [0.15, 0.2) is 0 Å². The Kier molecular flexibility index (Phi) is 4.97. The lowest BCUT2D eigenvalue weighted by molar-refractivity contribution is 0.0656. The Hall–Kier alpha value is -2.97. The van der Waals surface area contributed by atoms with Crippen LogP contribution in [0.1, 0.15) is 47.7 Å². The van der Waals surface area contributed by atoms with E-state index in [4.69, 9.17) is 4.74 Å². The van der Waals surface area contributed by atoms with Gasteiger partial charge in [0.25, 0.3) is 11.5 Å². The molecule has 28 heavy (non-hydrogen) atoms. The Bertz CT molecular complexity index is 986. The van der Waals surface area contributed by atoms with Crippen LogP contribution in [0.3, 0.4) is 0 Å². The number of amides is 1. The van der Waals surface area contributed by atoms with Gasteiger partial charge in [-0.15, -0.1) is 0 Å². The predicted molar refractivity (Wildman–Crippen MR) is 100 cm³/mol. The minimum absolute atomic E-state index is 0.00890. The van der Waals surface area contributed by atoms with Crippen molar-refractivity contribution in [2.45, 2.75) is 31.6 Å². The molecule has 0 atom stereocenters. The topological polar surface area (TPSA) is 110 Å². The molecule has 2 fully saturated rings. The minimum atomic E-state index is -0.575. The predicted octanol–water partition coefficient (Wildman–Crippen LogP) is 0.672. The Morgan fingerprint density at radius 3 is 2.68 bits per heavy atom. The SMILES string of the molecule is Cn1c(=O)[nH]cc(C(=O)N2CCC(COc3cc(C4CC4)ncn3)CC2)c1=O. The Morgan fingerprint density at radius 2 is 1.96 bits per heavy atom. The average Bonchev–Trinajstić information content (AvgIpc) is 3.56. The number of carbonyl (C=O) groups is 1. The second-order valence-corrected chi connectivity index (χ2v) is 7.47. The summed E-state index contributed by atoms with van der Waals surface area (Å²) in [7, 11) is 1.35. The number of nitrogens with one attached hydrogen (secondary N) is 1. The highest BCUT2D eigenvalue weighted by atomic mass is 16.5. The zero-order valence-electron chi connectivity index (χ0n) is 15.8. The third-order valence-corrected chi connectivity index (χ3v) is 5.44. The molecule has 2 aromatic rings. The number of carbonyl (C=O) groups excluding carboxylic acids is 1. The minimum Gasteiger partial charge on any atom is -0.477 e. The molecule has 0 spiro atoms. The average molecular weight is 385 g/mol. The molecule has 2 aromatic heterocycles. The molecule has 3 heterocycles. The van der Waals surface area contributed by atoms with E-state index in [0.29, 0.717) is 37.4 Å². The summed E-state index contributed by atoms with van der Waals surface area (Å²) in [5.41, 5.74) is -0.0697. The summed E-state index contributed by atoms with van der Waals surface area (Å²) in [6, 6.07) is 1.92. The summed E-state index contributed by atoms with van der Waals surface area (Å²) in [5, 5.41) is 0. The number of rotatable bonds is 5. The van der Waals surface area contributed by atoms with Gasteiger partial charge >= 0.3 is 5.69 Å². The highest BCUT2D eigenvalue weighted by Gasteiger charge is 2.27. The van der Waals surface area contributed by atoms with Crippen molar-refractivity contribution in [1.29, 1.82) is 0 Å². The van der Waals surface area contributed by atoms with Gasteiger partial charge in [0.05, 0.1) is 12.3 Å². The molecule has 4 rings (SSSR count). The summed E-state index contributed by atoms with van der Waals surface area (Å²) < 4.78 is 6.75. The van der Waals surface area contributed by atoms with Gasteiger partial charge in [-0.2, -0.15) is 0 Å². The highest BCUT2D eigenvalue weighted by Crippen LogP contribution is 2.39. The van der Waals surface area contributed by atoms with Gasteiger partial charge in [-0.25, -0.2) is 14.8 Å². The van der Waals surface area contributed by atoms with Gasteiger partial charge < -0.3 is 14.6 Å². The number of likely N-dealkylation sites (tertiary alicyclic amines) is 1. The summed E-state index contributed by atoms with van der Waals surface area (Å²) >= 11 is 0. The fourth-order valence-electron chi connectivity index (χ4n) is 3.43. The van der Waals surface area contributed by atoms with Gasteiger partial charge in [0, 0.05) is 38.3 Å². The standard InChI is InChI=1S/C19H23N5O4/c1-23-17(25)14(9-20-19(23)27)18(26)24-6-4-12(5-7-24)10-28-16-8-15(13-2-3-13)21-11-22-16/h8-9,11-13H,2-7,10H2,1H3,(H,20,27). The first-order valence-corrected chi connectivity index (χ1v) is 9.55. The van der Waals surface area contributed by atoms with E-state index in [0.717, 1.165) is 23.1 Å². The van der Waals surface area contributed by atoms with E-state index in [1.165, 1.54) is 26.1 Å². The number of piperidine rings is 1. The van der Waals surface area contributed by atoms with Gasteiger partial charge in [0.1, 0.15) is 11.9 Å². The fraction of sp³-hybridized carbons (Fsp3) is 0.526. The third-order valence-electron chi connectivity index (χ3n) is 5.44. The number of nitrogens with zero attached hydrogens (tertiary/aromatic N) is 4. The molecule has 2 aliphatic rings. The molecule has 9 nitrogen and oxygen atoms in total. The fourth-order valence-corrected chi connectivity index (χ4v) is 3.43. The Balaban J connectivity index is 1.31. The van der Waals surface area contributed by atoms with E-state index >= 15 is 0 Å². The molecule has 1 aliphatic carbocycles. The van der Waals surface area contributed by atoms with Crippen LogP contribution in [0.15, 0.2) is 28.2 Å². The molecule has 1 saturated heterocycles. The van der Waals surface area contributed by atoms with E-state index in [9.17, 15) is 14.4 Å². The van der Waals surface area contributed by atoms with Crippen LogP contribution in [-0.4, -0.2) is 50.0 Å². The molecule has 0 aromatic carbocycles. The molecule has 0 unspecified atom stereocenters. The van der Waals surface area contributed by atoms with Crippen molar-refractivity contribution in [3.63, 3.8) is 0 Å². The summed E-state index contributed by atoms with van der Waals surface area (Å²) in [6.07, 6.45) is 6.69. The van der Waals surface area contributed by atoms with Gasteiger partial charge in [0.2, 0.25) is 5.88 Å². The number of aromatic amines is 1.